The van der Waals surface area contributed by atoms with Gasteiger partial charge >= 0.3 is 0 Å². The summed E-state index contributed by atoms with van der Waals surface area (Å²) in [7, 11) is 0. The fourth-order valence-corrected chi connectivity index (χ4v) is 10.6. The maximum Gasteiger partial charge on any atom is 0.164 e. The second kappa shape index (κ2) is 16.8. The second-order valence-corrected chi connectivity index (χ2v) is 17.9. The minimum atomic E-state index is 0.156. The molecule has 1 saturated carbocycles. The van der Waals surface area contributed by atoms with Crippen LogP contribution in [0.15, 0.2) is 224 Å². The van der Waals surface area contributed by atoms with Crippen molar-refractivity contribution in [2.24, 2.45) is 0 Å². The van der Waals surface area contributed by atoms with Gasteiger partial charge in [-0.15, -0.1) is 0 Å². The Morgan fingerprint density at radius 3 is 1.05 bits per heavy atom. The number of rotatable bonds is 8. The summed E-state index contributed by atoms with van der Waals surface area (Å²) in [6.07, 6.45) is 6.43. The Morgan fingerprint density at radius 1 is 0.242 bits per heavy atom. The maximum atomic E-state index is 5.16. The van der Waals surface area contributed by atoms with Gasteiger partial charge in [0.2, 0.25) is 0 Å². The lowest BCUT2D eigenvalue weighted by atomic mass is 9.67. The topological polar surface area (TPSA) is 38.7 Å². The minimum Gasteiger partial charge on any atom is -0.208 e. The molecule has 314 valence electrons. The van der Waals surface area contributed by atoms with Crippen molar-refractivity contribution in [1.29, 1.82) is 0 Å². The minimum absolute atomic E-state index is 0.156. The van der Waals surface area contributed by atoms with Crippen LogP contribution in [0.5, 0.6) is 0 Å². The van der Waals surface area contributed by atoms with E-state index in [1.54, 1.807) is 0 Å². The van der Waals surface area contributed by atoms with Crippen LogP contribution in [0.4, 0.5) is 0 Å². The molecule has 66 heavy (non-hydrogen) atoms. The van der Waals surface area contributed by atoms with E-state index >= 15 is 0 Å². The summed E-state index contributed by atoms with van der Waals surface area (Å²) < 4.78 is 0. The highest BCUT2D eigenvalue weighted by atomic mass is 15.0. The van der Waals surface area contributed by atoms with E-state index in [0.29, 0.717) is 17.5 Å². The number of hydrogen-bond donors (Lipinski definition) is 0. The zero-order chi connectivity index (χ0) is 43.9. The van der Waals surface area contributed by atoms with Gasteiger partial charge in [0.1, 0.15) is 0 Å². The largest absolute Gasteiger partial charge is 0.208 e. The van der Waals surface area contributed by atoms with Crippen molar-refractivity contribution in [2.45, 2.75) is 37.5 Å². The smallest absolute Gasteiger partial charge is 0.164 e. The van der Waals surface area contributed by atoms with E-state index in [9.17, 15) is 0 Å². The van der Waals surface area contributed by atoms with Gasteiger partial charge in [0.05, 0.1) is 0 Å². The quantitative estimate of drug-likeness (QED) is 0.153. The number of nitrogens with zero attached hydrogens (tertiary/aromatic N) is 3. The molecule has 10 aromatic rings. The van der Waals surface area contributed by atoms with Gasteiger partial charge in [-0.2, -0.15) is 0 Å². The van der Waals surface area contributed by atoms with Crippen LogP contribution in [0.1, 0.15) is 43.2 Å². The molecule has 3 nitrogen and oxygen atoms in total. The summed E-state index contributed by atoms with van der Waals surface area (Å²) in [5, 5.41) is 0. The lowest BCUT2D eigenvalue weighted by molar-refractivity contribution is 0.353. The third kappa shape index (κ3) is 7.33. The number of hydrogen-bond acceptors (Lipinski definition) is 3. The average molecular weight is 846 g/mol. The van der Waals surface area contributed by atoms with E-state index in [-0.39, 0.29) is 5.41 Å². The SMILES string of the molecule is c1ccc(-c2cccc(-c3nc(-c4cccc(-c5ccccc5)c4)nc(-c4cccc(-c5ccc(-c6ccc(-c7ccc8c(c7)C7(CCCCC7)c7ccccc7-8)cc6)cc5)c4)n3)c2)cc1. The average Bonchev–Trinajstić information content (AvgIpc) is 3.66. The number of benzene rings is 9. The van der Waals surface area contributed by atoms with E-state index in [0.717, 1.165) is 50.1 Å². The van der Waals surface area contributed by atoms with Gasteiger partial charge < -0.3 is 0 Å². The molecule has 2 aliphatic carbocycles. The Kier molecular flexibility index (Phi) is 10.1. The molecule has 0 atom stereocenters. The molecule has 0 saturated heterocycles. The molecule has 1 spiro atoms. The molecule has 0 radical (unpaired) electrons. The number of fused-ring (bicyclic) bond motifs is 5. The van der Waals surface area contributed by atoms with Crippen LogP contribution in [0.3, 0.4) is 0 Å². The predicted molar refractivity (Wildman–Crippen MR) is 273 cm³/mol. The molecule has 1 fully saturated rings. The van der Waals surface area contributed by atoms with Gasteiger partial charge in [-0.05, 0) is 115 Å². The van der Waals surface area contributed by atoms with Crippen molar-refractivity contribution < 1.29 is 0 Å². The Bertz CT molecular complexity index is 3270. The first kappa shape index (κ1) is 39.6. The lowest BCUT2D eigenvalue weighted by Crippen LogP contribution is -2.28. The third-order valence-electron chi connectivity index (χ3n) is 14.0. The van der Waals surface area contributed by atoms with Gasteiger partial charge in [0, 0.05) is 22.1 Å². The second-order valence-electron chi connectivity index (χ2n) is 17.9. The van der Waals surface area contributed by atoms with E-state index in [4.69, 9.17) is 15.0 Å². The molecule has 9 aromatic carbocycles. The molecule has 12 rings (SSSR count). The molecule has 0 unspecified atom stereocenters. The van der Waals surface area contributed by atoms with Crippen LogP contribution in [-0.4, -0.2) is 15.0 Å². The summed E-state index contributed by atoms with van der Waals surface area (Å²) in [5.74, 6) is 1.90. The van der Waals surface area contributed by atoms with Gasteiger partial charge in [-0.25, -0.2) is 15.0 Å². The van der Waals surface area contributed by atoms with Crippen LogP contribution >= 0.6 is 0 Å². The summed E-state index contributed by atoms with van der Waals surface area (Å²) in [6.45, 7) is 0. The Labute approximate surface area is 387 Å². The lowest BCUT2D eigenvalue weighted by Gasteiger charge is -2.36. The van der Waals surface area contributed by atoms with E-state index in [1.807, 2.05) is 12.1 Å². The normalized spacial score (nSPS) is 13.6. The molecule has 1 heterocycles. The van der Waals surface area contributed by atoms with Gasteiger partial charge in [0.15, 0.2) is 17.5 Å². The van der Waals surface area contributed by atoms with Crippen molar-refractivity contribution in [3.05, 3.63) is 236 Å². The summed E-state index contributed by atoms with van der Waals surface area (Å²) in [6, 6.07) is 80.7. The highest BCUT2D eigenvalue weighted by Gasteiger charge is 2.43. The standard InChI is InChI=1S/C63H47N3/c1-4-15-43(16-5-1)49-19-12-22-53(39-49)60-64-61(54-23-13-20-50(40-54)44-17-6-2-7-18-44)66-62(65-60)55-24-14-21-51(41-55)47-31-27-45(28-32-47)46-29-33-48(34-30-46)52-35-36-57-56-25-8-9-26-58(56)63(59(57)42-52)37-10-3-11-38-63/h1-2,4-9,12-36,39-42H,3,10-11,37-38H2. The Morgan fingerprint density at radius 2 is 0.576 bits per heavy atom. The Balaban J connectivity index is 0.846. The summed E-state index contributed by atoms with van der Waals surface area (Å²) >= 11 is 0. The molecular formula is C63H47N3. The monoisotopic (exact) mass is 845 g/mol. The van der Waals surface area contributed by atoms with E-state index < -0.39 is 0 Å². The molecule has 0 aliphatic heterocycles. The van der Waals surface area contributed by atoms with Gasteiger partial charge in [-0.1, -0.05) is 219 Å². The van der Waals surface area contributed by atoms with Crippen LogP contribution in [0.25, 0.3) is 101 Å². The van der Waals surface area contributed by atoms with Crippen molar-refractivity contribution in [3.63, 3.8) is 0 Å². The summed E-state index contributed by atoms with van der Waals surface area (Å²) in [4.78, 5) is 15.4. The maximum absolute atomic E-state index is 5.16. The first-order valence-electron chi connectivity index (χ1n) is 23.3. The molecule has 0 bridgehead atoms. The zero-order valence-corrected chi connectivity index (χ0v) is 36.7. The zero-order valence-electron chi connectivity index (χ0n) is 36.7. The van der Waals surface area contributed by atoms with E-state index in [2.05, 4.69) is 212 Å². The summed E-state index contributed by atoms with van der Waals surface area (Å²) in [5.41, 5.74) is 20.6. The van der Waals surface area contributed by atoms with Crippen molar-refractivity contribution >= 4 is 0 Å². The molecular weight excluding hydrogens is 799 g/mol. The van der Waals surface area contributed by atoms with Crippen LogP contribution in [0.2, 0.25) is 0 Å². The van der Waals surface area contributed by atoms with Crippen molar-refractivity contribution in [1.82, 2.24) is 15.0 Å². The first-order chi connectivity index (χ1) is 32.6. The number of aromatic nitrogens is 3. The van der Waals surface area contributed by atoms with Crippen LogP contribution in [0, 0.1) is 0 Å². The predicted octanol–water partition coefficient (Wildman–Crippen LogP) is 16.4. The molecule has 1 aromatic heterocycles. The molecule has 3 heteroatoms. The van der Waals surface area contributed by atoms with E-state index in [1.165, 1.54) is 76.6 Å². The van der Waals surface area contributed by atoms with Crippen molar-refractivity contribution in [2.75, 3.05) is 0 Å². The molecule has 0 N–H and O–H groups in total. The fourth-order valence-electron chi connectivity index (χ4n) is 10.6. The fraction of sp³-hybridized carbons (Fsp3) is 0.0952. The highest BCUT2D eigenvalue weighted by molar-refractivity contribution is 5.85. The molecule has 2 aliphatic rings. The van der Waals surface area contributed by atoms with Crippen molar-refractivity contribution in [3.8, 4) is 101 Å². The van der Waals surface area contributed by atoms with Gasteiger partial charge in [0.25, 0.3) is 0 Å². The third-order valence-corrected chi connectivity index (χ3v) is 14.0. The first-order valence-corrected chi connectivity index (χ1v) is 23.3. The van der Waals surface area contributed by atoms with Gasteiger partial charge in [-0.3, -0.25) is 0 Å². The molecule has 0 amide bonds. The van der Waals surface area contributed by atoms with Crippen LogP contribution < -0.4 is 0 Å². The van der Waals surface area contributed by atoms with Crippen LogP contribution in [-0.2, 0) is 5.41 Å². The highest BCUT2D eigenvalue weighted by Crippen LogP contribution is 2.56. The Hall–Kier alpha value is -8.01.